The van der Waals surface area contributed by atoms with Crippen molar-refractivity contribution in [3.8, 4) is 0 Å². The van der Waals surface area contributed by atoms with Crippen molar-refractivity contribution >= 4 is 26.7 Å². The van der Waals surface area contributed by atoms with E-state index in [1.165, 1.54) is 15.8 Å². The molecule has 2 heterocycles. The van der Waals surface area contributed by atoms with E-state index in [1.807, 2.05) is 18.7 Å². The molecule has 0 atom stereocenters. The number of benzene rings is 1. The SMILES string of the molecule is Cc1cc(C)c2sc(NCCCn3ccnc3)nc2c1. The first-order valence-electron chi connectivity index (χ1n) is 6.80. The van der Waals surface area contributed by atoms with Gasteiger partial charge in [0.15, 0.2) is 5.13 Å². The van der Waals surface area contributed by atoms with E-state index >= 15 is 0 Å². The number of imidazole rings is 1. The highest BCUT2D eigenvalue weighted by Crippen LogP contribution is 2.29. The molecular formula is C15H18N4S. The Kier molecular flexibility index (Phi) is 3.69. The first-order chi connectivity index (χ1) is 9.72. The molecule has 0 bridgehead atoms. The van der Waals surface area contributed by atoms with Gasteiger partial charge in [-0.05, 0) is 37.5 Å². The molecule has 3 rings (SSSR count). The van der Waals surface area contributed by atoms with E-state index in [1.54, 1.807) is 11.3 Å². The number of fused-ring (bicyclic) bond motifs is 1. The summed E-state index contributed by atoms with van der Waals surface area (Å²) in [5.41, 5.74) is 3.68. The Morgan fingerprint density at radius 2 is 2.20 bits per heavy atom. The van der Waals surface area contributed by atoms with Crippen molar-refractivity contribution in [2.45, 2.75) is 26.8 Å². The highest BCUT2D eigenvalue weighted by atomic mass is 32.1. The van der Waals surface area contributed by atoms with Crippen LogP contribution in [0.25, 0.3) is 10.2 Å². The molecule has 0 saturated carbocycles. The normalized spacial score (nSPS) is 11.1. The summed E-state index contributed by atoms with van der Waals surface area (Å²) < 4.78 is 3.38. The van der Waals surface area contributed by atoms with Crippen LogP contribution in [0.5, 0.6) is 0 Å². The van der Waals surface area contributed by atoms with Crippen LogP contribution in [0.4, 0.5) is 5.13 Å². The van der Waals surface area contributed by atoms with Crippen LogP contribution in [-0.2, 0) is 6.54 Å². The highest BCUT2D eigenvalue weighted by Gasteiger charge is 2.06. The smallest absolute Gasteiger partial charge is 0.183 e. The van der Waals surface area contributed by atoms with E-state index in [0.29, 0.717) is 0 Å². The second kappa shape index (κ2) is 5.63. The first kappa shape index (κ1) is 13.1. The molecule has 2 aromatic heterocycles. The van der Waals surface area contributed by atoms with Crippen LogP contribution in [0.3, 0.4) is 0 Å². The van der Waals surface area contributed by atoms with Crippen molar-refractivity contribution < 1.29 is 0 Å². The number of anilines is 1. The molecule has 0 aliphatic carbocycles. The fourth-order valence-electron chi connectivity index (χ4n) is 2.33. The predicted molar refractivity (Wildman–Crippen MR) is 84.4 cm³/mol. The number of hydrogen-bond acceptors (Lipinski definition) is 4. The van der Waals surface area contributed by atoms with Crippen LogP contribution in [0.15, 0.2) is 30.9 Å². The summed E-state index contributed by atoms with van der Waals surface area (Å²) >= 11 is 1.74. The van der Waals surface area contributed by atoms with Gasteiger partial charge in [0.25, 0.3) is 0 Å². The summed E-state index contributed by atoms with van der Waals surface area (Å²) in [7, 11) is 0. The minimum Gasteiger partial charge on any atom is -0.361 e. The third-order valence-electron chi connectivity index (χ3n) is 3.25. The topological polar surface area (TPSA) is 42.7 Å². The minimum atomic E-state index is 0.927. The first-order valence-corrected chi connectivity index (χ1v) is 7.61. The Morgan fingerprint density at radius 1 is 1.30 bits per heavy atom. The zero-order chi connectivity index (χ0) is 13.9. The van der Waals surface area contributed by atoms with Crippen molar-refractivity contribution in [1.82, 2.24) is 14.5 Å². The summed E-state index contributed by atoms with van der Waals surface area (Å²) in [6, 6.07) is 4.36. The van der Waals surface area contributed by atoms with Crippen LogP contribution in [0.2, 0.25) is 0 Å². The van der Waals surface area contributed by atoms with Crippen molar-refractivity contribution in [2.24, 2.45) is 0 Å². The molecule has 0 fully saturated rings. The van der Waals surface area contributed by atoms with E-state index in [2.05, 4.69) is 45.8 Å². The summed E-state index contributed by atoms with van der Waals surface area (Å²) in [6.45, 7) is 6.17. The number of aryl methyl sites for hydroxylation is 3. The van der Waals surface area contributed by atoms with E-state index in [-0.39, 0.29) is 0 Å². The number of thiazole rings is 1. The molecule has 4 nitrogen and oxygen atoms in total. The standard InChI is InChI=1S/C15H18N4S/c1-11-8-12(2)14-13(9-11)18-15(20-14)17-4-3-6-19-7-5-16-10-19/h5,7-10H,3-4,6H2,1-2H3,(H,17,18). The average Bonchev–Trinajstić information content (AvgIpc) is 3.03. The minimum absolute atomic E-state index is 0.927. The molecule has 0 aliphatic rings. The Bertz CT molecular complexity index is 700. The third-order valence-corrected chi connectivity index (χ3v) is 4.41. The Morgan fingerprint density at radius 3 is 3.00 bits per heavy atom. The second-order valence-corrected chi connectivity index (χ2v) is 6.03. The number of hydrogen-bond donors (Lipinski definition) is 1. The lowest BCUT2D eigenvalue weighted by Crippen LogP contribution is -2.05. The van der Waals surface area contributed by atoms with Gasteiger partial charge in [-0.15, -0.1) is 0 Å². The zero-order valence-electron chi connectivity index (χ0n) is 11.8. The Labute approximate surface area is 122 Å². The van der Waals surface area contributed by atoms with Crippen molar-refractivity contribution in [3.05, 3.63) is 42.0 Å². The van der Waals surface area contributed by atoms with E-state index in [0.717, 1.165) is 30.2 Å². The van der Waals surface area contributed by atoms with Gasteiger partial charge >= 0.3 is 0 Å². The lowest BCUT2D eigenvalue weighted by Gasteiger charge is -2.03. The third kappa shape index (κ3) is 2.82. The summed E-state index contributed by atoms with van der Waals surface area (Å²) in [5.74, 6) is 0. The van der Waals surface area contributed by atoms with Gasteiger partial charge in [-0.25, -0.2) is 9.97 Å². The van der Waals surface area contributed by atoms with Gasteiger partial charge in [-0.3, -0.25) is 0 Å². The summed E-state index contributed by atoms with van der Waals surface area (Å²) in [4.78, 5) is 8.70. The molecule has 0 aliphatic heterocycles. The largest absolute Gasteiger partial charge is 0.361 e. The second-order valence-electron chi connectivity index (χ2n) is 5.03. The zero-order valence-corrected chi connectivity index (χ0v) is 12.6. The van der Waals surface area contributed by atoms with E-state index in [9.17, 15) is 0 Å². The van der Waals surface area contributed by atoms with E-state index < -0.39 is 0 Å². The van der Waals surface area contributed by atoms with Crippen molar-refractivity contribution in [3.63, 3.8) is 0 Å². The molecule has 0 radical (unpaired) electrons. The average molecular weight is 286 g/mol. The molecule has 0 spiro atoms. The van der Waals surface area contributed by atoms with Crippen molar-refractivity contribution in [1.29, 1.82) is 0 Å². The van der Waals surface area contributed by atoms with E-state index in [4.69, 9.17) is 0 Å². The molecule has 5 heteroatoms. The molecule has 3 aromatic rings. The van der Waals surface area contributed by atoms with Gasteiger partial charge in [0.05, 0.1) is 16.5 Å². The highest BCUT2D eigenvalue weighted by molar-refractivity contribution is 7.22. The van der Waals surface area contributed by atoms with Crippen molar-refractivity contribution in [2.75, 3.05) is 11.9 Å². The van der Waals surface area contributed by atoms with Crippen LogP contribution >= 0.6 is 11.3 Å². The van der Waals surface area contributed by atoms with Crippen LogP contribution in [0, 0.1) is 13.8 Å². The quantitative estimate of drug-likeness (QED) is 0.729. The van der Waals surface area contributed by atoms with Crippen LogP contribution in [0.1, 0.15) is 17.5 Å². The van der Waals surface area contributed by atoms with Gasteiger partial charge in [-0.1, -0.05) is 17.4 Å². The summed E-state index contributed by atoms with van der Waals surface area (Å²) in [6.07, 6.45) is 6.71. The van der Waals surface area contributed by atoms with Gasteiger partial charge in [-0.2, -0.15) is 0 Å². The van der Waals surface area contributed by atoms with Crippen LogP contribution in [-0.4, -0.2) is 21.1 Å². The molecule has 104 valence electrons. The summed E-state index contributed by atoms with van der Waals surface area (Å²) in [5, 5.41) is 4.43. The number of rotatable bonds is 5. The number of aromatic nitrogens is 3. The number of nitrogens with one attached hydrogen (secondary N) is 1. The molecule has 1 N–H and O–H groups in total. The molecule has 0 saturated heterocycles. The molecule has 0 amide bonds. The predicted octanol–water partition coefficient (Wildman–Crippen LogP) is 3.61. The lowest BCUT2D eigenvalue weighted by atomic mass is 10.1. The maximum absolute atomic E-state index is 4.66. The molecule has 0 unspecified atom stereocenters. The maximum atomic E-state index is 4.66. The number of nitrogens with zero attached hydrogens (tertiary/aromatic N) is 3. The molecule has 20 heavy (non-hydrogen) atoms. The monoisotopic (exact) mass is 286 g/mol. The fourth-order valence-corrected chi connectivity index (χ4v) is 3.27. The fraction of sp³-hybridized carbons (Fsp3) is 0.333. The van der Waals surface area contributed by atoms with Gasteiger partial charge in [0.1, 0.15) is 0 Å². The van der Waals surface area contributed by atoms with Gasteiger partial charge in [0, 0.05) is 25.5 Å². The van der Waals surface area contributed by atoms with Gasteiger partial charge in [0.2, 0.25) is 0 Å². The van der Waals surface area contributed by atoms with Crippen LogP contribution < -0.4 is 5.32 Å². The maximum Gasteiger partial charge on any atom is 0.183 e. The lowest BCUT2D eigenvalue weighted by molar-refractivity contribution is 0.660. The Balaban J connectivity index is 1.61. The molecule has 1 aromatic carbocycles. The van der Waals surface area contributed by atoms with Gasteiger partial charge < -0.3 is 9.88 Å². The molecular weight excluding hydrogens is 268 g/mol. The Hall–Kier alpha value is -1.88.